The van der Waals surface area contributed by atoms with Gasteiger partial charge in [0.1, 0.15) is 0 Å². The van der Waals surface area contributed by atoms with Crippen molar-refractivity contribution in [3.05, 3.63) is 30.3 Å². The Hall–Kier alpha value is -1.93. The number of hydrogen-bond donors (Lipinski definition) is 2. The molecule has 0 aliphatic carbocycles. The number of piperidine rings is 1. The van der Waals surface area contributed by atoms with Crippen LogP contribution in [0.3, 0.4) is 0 Å². The van der Waals surface area contributed by atoms with Gasteiger partial charge in [0.15, 0.2) is 0 Å². The van der Waals surface area contributed by atoms with Crippen molar-refractivity contribution < 1.29 is 23.1 Å². The summed E-state index contributed by atoms with van der Waals surface area (Å²) in [6.07, 6.45) is 3.22. The van der Waals surface area contributed by atoms with E-state index in [4.69, 9.17) is 5.11 Å². The number of amides is 1. The second kappa shape index (κ2) is 8.96. The van der Waals surface area contributed by atoms with Crippen LogP contribution in [0, 0.1) is 0 Å². The molecule has 1 fully saturated rings. The van der Waals surface area contributed by atoms with Crippen molar-refractivity contribution in [3.63, 3.8) is 0 Å². The monoisotopic (exact) mass is 368 g/mol. The van der Waals surface area contributed by atoms with Crippen molar-refractivity contribution in [1.29, 1.82) is 0 Å². The molecule has 2 N–H and O–H groups in total. The predicted molar refractivity (Wildman–Crippen MR) is 92.5 cm³/mol. The van der Waals surface area contributed by atoms with Crippen LogP contribution in [0.25, 0.3) is 0 Å². The molecule has 1 amide bonds. The molecule has 1 heterocycles. The Morgan fingerprint density at radius 3 is 2.56 bits per heavy atom. The van der Waals surface area contributed by atoms with Gasteiger partial charge in [-0.3, -0.25) is 9.59 Å². The van der Waals surface area contributed by atoms with Crippen LogP contribution in [0.5, 0.6) is 0 Å². The summed E-state index contributed by atoms with van der Waals surface area (Å²) < 4.78 is 26.7. The Bertz CT molecular complexity index is 690. The van der Waals surface area contributed by atoms with Gasteiger partial charge < -0.3 is 10.0 Å². The minimum absolute atomic E-state index is 0.0260. The molecule has 0 bridgehead atoms. The number of likely N-dealkylation sites (tertiary alicyclic amines) is 1. The van der Waals surface area contributed by atoms with Crippen molar-refractivity contribution in [3.8, 4) is 0 Å². The van der Waals surface area contributed by atoms with E-state index in [1.165, 1.54) is 12.1 Å². The minimum Gasteiger partial charge on any atom is -0.481 e. The first-order valence-electron chi connectivity index (χ1n) is 8.46. The number of nitrogens with zero attached hydrogens (tertiary/aromatic N) is 1. The summed E-state index contributed by atoms with van der Waals surface area (Å²) in [4.78, 5) is 25.1. The Morgan fingerprint density at radius 1 is 1.16 bits per heavy atom. The first-order chi connectivity index (χ1) is 11.9. The summed E-state index contributed by atoms with van der Waals surface area (Å²) in [6.45, 7) is 0.632. The third kappa shape index (κ3) is 5.82. The van der Waals surface area contributed by atoms with E-state index >= 15 is 0 Å². The Labute approximate surface area is 148 Å². The number of carbonyl (C=O) groups is 2. The van der Waals surface area contributed by atoms with E-state index in [-0.39, 0.29) is 36.2 Å². The van der Waals surface area contributed by atoms with Crippen LogP contribution in [-0.4, -0.2) is 49.4 Å². The summed E-state index contributed by atoms with van der Waals surface area (Å²) in [5.41, 5.74) is 0. The number of sulfonamides is 1. The molecular formula is C17H24N2O5S. The normalized spacial score (nSPS) is 18.1. The van der Waals surface area contributed by atoms with Gasteiger partial charge in [-0.1, -0.05) is 18.2 Å². The Kier molecular flexibility index (Phi) is 6.95. The lowest BCUT2D eigenvalue weighted by Gasteiger charge is -2.35. The summed E-state index contributed by atoms with van der Waals surface area (Å²) in [7, 11) is -3.62. The van der Waals surface area contributed by atoms with Crippen LogP contribution in [0.4, 0.5) is 0 Å². The zero-order valence-electron chi connectivity index (χ0n) is 14.1. The second-order valence-electron chi connectivity index (χ2n) is 6.13. The van der Waals surface area contributed by atoms with Crippen LogP contribution in [-0.2, 0) is 19.6 Å². The van der Waals surface area contributed by atoms with Gasteiger partial charge in [-0.25, -0.2) is 13.1 Å². The van der Waals surface area contributed by atoms with Gasteiger partial charge in [0.05, 0.1) is 4.90 Å². The Morgan fingerprint density at radius 2 is 1.88 bits per heavy atom. The molecule has 7 nitrogen and oxygen atoms in total. The molecule has 1 aromatic carbocycles. The van der Waals surface area contributed by atoms with Gasteiger partial charge in [-0.05, 0) is 37.8 Å². The van der Waals surface area contributed by atoms with E-state index in [0.717, 1.165) is 19.3 Å². The number of hydrogen-bond acceptors (Lipinski definition) is 4. The zero-order valence-corrected chi connectivity index (χ0v) is 14.9. The lowest BCUT2D eigenvalue weighted by Crippen LogP contribution is -2.45. The summed E-state index contributed by atoms with van der Waals surface area (Å²) in [5.74, 6) is -1.00. The highest BCUT2D eigenvalue weighted by atomic mass is 32.2. The number of carboxylic acids is 1. The molecule has 0 saturated carbocycles. The van der Waals surface area contributed by atoms with Crippen molar-refractivity contribution in [2.24, 2.45) is 0 Å². The number of rotatable bonds is 8. The summed E-state index contributed by atoms with van der Waals surface area (Å²) in [6, 6.07) is 7.94. The molecule has 8 heteroatoms. The third-order valence-corrected chi connectivity index (χ3v) is 5.80. The number of nitrogens with one attached hydrogen (secondary N) is 1. The average molecular weight is 368 g/mol. The van der Waals surface area contributed by atoms with Crippen molar-refractivity contribution in [1.82, 2.24) is 9.62 Å². The van der Waals surface area contributed by atoms with Gasteiger partial charge in [-0.2, -0.15) is 0 Å². The maximum atomic E-state index is 12.4. The maximum absolute atomic E-state index is 12.4. The van der Waals surface area contributed by atoms with Crippen molar-refractivity contribution in [2.45, 2.75) is 49.5 Å². The van der Waals surface area contributed by atoms with Crippen LogP contribution in [0.2, 0.25) is 0 Å². The smallest absolute Gasteiger partial charge is 0.303 e. The number of carboxylic acid groups (broad SMARTS) is 1. The fourth-order valence-electron chi connectivity index (χ4n) is 3.04. The van der Waals surface area contributed by atoms with Crippen LogP contribution >= 0.6 is 0 Å². The lowest BCUT2D eigenvalue weighted by molar-refractivity contribution is -0.140. The van der Waals surface area contributed by atoms with Crippen LogP contribution in [0.15, 0.2) is 35.2 Å². The average Bonchev–Trinajstić information content (AvgIpc) is 2.60. The highest BCUT2D eigenvalue weighted by Gasteiger charge is 2.27. The summed E-state index contributed by atoms with van der Waals surface area (Å²) >= 11 is 0. The van der Waals surface area contributed by atoms with Gasteiger partial charge in [0, 0.05) is 32.0 Å². The van der Waals surface area contributed by atoms with Crippen molar-refractivity contribution in [2.75, 3.05) is 13.1 Å². The molecule has 1 aliphatic rings. The standard InChI is InChI=1S/C17H24N2O5S/c20-16(19-13-5-4-6-14(19)9-10-17(21)22)11-12-18-25(23,24)15-7-2-1-3-8-15/h1-3,7-8,14,18H,4-6,9-13H2,(H,21,22). The molecule has 1 atom stereocenters. The molecule has 138 valence electrons. The largest absolute Gasteiger partial charge is 0.481 e. The van der Waals surface area contributed by atoms with Crippen molar-refractivity contribution >= 4 is 21.9 Å². The van der Waals surface area contributed by atoms with E-state index < -0.39 is 16.0 Å². The highest BCUT2D eigenvalue weighted by molar-refractivity contribution is 7.89. The number of aliphatic carboxylic acids is 1. The van der Waals surface area contributed by atoms with E-state index in [1.54, 1.807) is 23.1 Å². The molecule has 2 rings (SSSR count). The summed E-state index contributed by atoms with van der Waals surface area (Å²) in [5, 5.41) is 8.83. The molecule has 25 heavy (non-hydrogen) atoms. The fourth-order valence-corrected chi connectivity index (χ4v) is 4.09. The van der Waals surface area contributed by atoms with Gasteiger partial charge in [0.2, 0.25) is 15.9 Å². The van der Waals surface area contributed by atoms with Crippen LogP contribution < -0.4 is 4.72 Å². The molecule has 0 spiro atoms. The molecule has 1 aromatic rings. The van der Waals surface area contributed by atoms with Gasteiger partial charge >= 0.3 is 5.97 Å². The first kappa shape index (κ1) is 19.4. The van der Waals surface area contributed by atoms with E-state index in [0.29, 0.717) is 13.0 Å². The number of benzene rings is 1. The molecule has 0 radical (unpaired) electrons. The SMILES string of the molecule is O=C(O)CCC1CCCCN1C(=O)CCNS(=O)(=O)c1ccccc1. The van der Waals surface area contributed by atoms with E-state index in [2.05, 4.69) is 4.72 Å². The quantitative estimate of drug-likeness (QED) is 0.725. The number of carbonyl (C=O) groups excluding carboxylic acids is 1. The predicted octanol–water partition coefficient (Wildman–Crippen LogP) is 1.60. The van der Waals surface area contributed by atoms with Gasteiger partial charge in [0.25, 0.3) is 0 Å². The molecular weight excluding hydrogens is 344 g/mol. The van der Waals surface area contributed by atoms with Gasteiger partial charge in [-0.15, -0.1) is 0 Å². The minimum atomic E-state index is -3.62. The lowest BCUT2D eigenvalue weighted by atomic mass is 9.97. The van der Waals surface area contributed by atoms with Crippen LogP contribution in [0.1, 0.15) is 38.5 Å². The first-order valence-corrected chi connectivity index (χ1v) is 9.94. The zero-order chi connectivity index (χ0) is 18.3. The topological polar surface area (TPSA) is 104 Å². The van der Waals surface area contributed by atoms with E-state index in [1.807, 2.05) is 0 Å². The fraction of sp³-hybridized carbons (Fsp3) is 0.529. The molecule has 1 saturated heterocycles. The second-order valence-corrected chi connectivity index (χ2v) is 7.90. The highest BCUT2D eigenvalue weighted by Crippen LogP contribution is 2.21. The maximum Gasteiger partial charge on any atom is 0.303 e. The third-order valence-electron chi connectivity index (χ3n) is 4.32. The molecule has 0 aromatic heterocycles. The molecule has 1 aliphatic heterocycles. The Balaban J connectivity index is 1.87. The van der Waals surface area contributed by atoms with E-state index in [9.17, 15) is 18.0 Å². The molecule has 1 unspecified atom stereocenters.